The second-order valence-corrected chi connectivity index (χ2v) is 2.32. The minimum Gasteiger partial charge on any atom is -0.467 e. The third kappa shape index (κ3) is 2.37. The molecule has 1 aromatic heterocycles. The highest BCUT2D eigenvalue weighted by atomic mass is 16.5. The summed E-state index contributed by atoms with van der Waals surface area (Å²) in [6, 6.07) is 0.261. The maximum Gasteiger partial charge on any atom is 0.316 e. The lowest BCUT2D eigenvalue weighted by molar-refractivity contribution is 0.104. The molecule has 0 N–H and O–H groups in total. The molecule has 0 radical (unpaired) electrons. The standard InChI is InChI=1S/C9H10N2O2/c1-3-4-8(12)7-5-10-9(13-2)11-6-7/h3-6H,1-2H3/b4-3+. The summed E-state index contributed by atoms with van der Waals surface area (Å²) >= 11 is 0. The van der Waals surface area contributed by atoms with Crippen molar-refractivity contribution in [3.05, 3.63) is 30.1 Å². The van der Waals surface area contributed by atoms with E-state index in [0.29, 0.717) is 5.56 Å². The molecule has 1 heterocycles. The average molecular weight is 178 g/mol. The first kappa shape index (κ1) is 9.38. The lowest BCUT2D eigenvalue weighted by Crippen LogP contribution is -1.98. The SMILES string of the molecule is C/C=C/C(=O)c1cnc(OC)nc1. The van der Waals surface area contributed by atoms with Crippen LogP contribution in [0.25, 0.3) is 0 Å². The van der Waals surface area contributed by atoms with Gasteiger partial charge < -0.3 is 4.74 Å². The zero-order valence-electron chi connectivity index (χ0n) is 7.52. The van der Waals surface area contributed by atoms with E-state index in [1.807, 2.05) is 0 Å². The molecule has 68 valence electrons. The molecule has 0 atom stereocenters. The molecule has 0 aromatic carbocycles. The van der Waals surface area contributed by atoms with Gasteiger partial charge in [0, 0.05) is 12.4 Å². The summed E-state index contributed by atoms with van der Waals surface area (Å²) in [5, 5.41) is 0. The number of hydrogen-bond acceptors (Lipinski definition) is 4. The van der Waals surface area contributed by atoms with Crippen LogP contribution in [0.5, 0.6) is 6.01 Å². The van der Waals surface area contributed by atoms with Crippen molar-refractivity contribution in [3.8, 4) is 6.01 Å². The Labute approximate surface area is 76.3 Å². The Hall–Kier alpha value is -1.71. The molecule has 4 heteroatoms. The molecular weight excluding hydrogens is 168 g/mol. The molecule has 0 spiro atoms. The maximum absolute atomic E-state index is 11.2. The fourth-order valence-corrected chi connectivity index (χ4v) is 0.796. The molecular formula is C9H10N2O2. The first-order valence-corrected chi connectivity index (χ1v) is 3.81. The number of methoxy groups -OCH3 is 1. The Morgan fingerprint density at radius 1 is 1.46 bits per heavy atom. The summed E-state index contributed by atoms with van der Waals surface area (Å²) in [5.74, 6) is -0.106. The van der Waals surface area contributed by atoms with Crippen LogP contribution >= 0.6 is 0 Å². The summed E-state index contributed by atoms with van der Waals surface area (Å²) in [5.41, 5.74) is 0.457. The highest BCUT2D eigenvalue weighted by Crippen LogP contribution is 2.02. The van der Waals surface area contributed by atoms with E-state index < -0.39 is 0 Å². The van der Waals surface area contributed by atoms with Gasteiger partial charge >= 0.3 is 6.01 Å². The van der Waals surface area contributed by atoms with Gasteiger partial charge in [0.05, 0.1) is 12.7 Å². The van der Waals surface area contributed by atoms with Crippen molar-refractivity contribution in [1.29, 1.82) is 0 Å². The third-order valence-electron chi connectivity index (χ3n) is 1.41. The van der Waals surface area contributed by atoms with E-state index in [0.717, 1.165) is 0 Å². The summed E-state index contributed by atoms with van der Waals surface area (Å²) < 4.78 is 4.76. The fraction of sp³-hybridized carbons (Fsp3) is 0.222. The number of aromatic nitrogens is 2. The number of nitrogens with zero attached hydrogens (tertiary/aromatic N) is 2. The second kappa shape index (κ2) is 4.35. The Bertz CT molecular complexity index is 317. The number of allylic oxidation sites excluding steroid dienone is 2. The Kier molecular flexibility index (Phi) is 3.14. The van der Waals surface area contributed by atoms with Crippen LogP contribution in [-0.2, 0) is 0 Å². The van der Waals surface area contributed by atoms with Gasteiger partial charge in [-0.05, 0) is 13.0 Å². The first-order valence-electron chi connectivity index (χ1n) is 3.81. The molecule has 0 aliphatic carbocycles. The predicted molar refractivity (Wildman–Crippen MR) is 47.7 cm³/mol. The van der Waals surface area contributed by atoms with E-state index in [9.17, 15) is 4.79 Å². The van der Waals surface area contributed by atoms with Gasteiger partial charge in [0.15, 0.2) is 5.78 Å². The average Bonchev–Trinajstić information content (AvgIpc) is 2.18. The molecule has 4 nitrogen and oxygen atoms in total. The molecule has 0 amide bonds. The number of ketones is 1. The van der Waals surface area contributed by atoms with Gasteiger partial charge in [-0.15, -0.1) is 0 Å². The molecule has 0 saturated carbocycles. The first-order chi connectivity index (χ1) is 6.27. The third-order valence-corrected chi connectivity index (χ3v) is 1.41. The van der Waals surface area contributed by atoms with Crippen LogP contribution in [-0.4, -0.2) is 22.9 Å². The van der Waals surface area contributed by atoms with Gasteiger partial charge in [-0.25, -0.2) is 9.97 Å². The largest absolute Gasteiger partial charge is 0.467 e. The Balaban J connectivity index is 2.85. The summed E-state index contributed by atoms with van der Waals surface area (Å²) in [4.78, 5) is 18.9. The summed E-state index contributed by atoms with van der Waals surface area (Å²) in [6.45, 7) is 1.78. The number of ether oxygens (including phenoxy) is 1. The normalized spacial score (nSPS) is 10.3. The lowest BCUT2D eigenvalue weighted by Gasteiger charge is -1.97. The molecule has 0 fully saturated rings. The van der Waals surface area contributed by atoms with E-state index in [1.54, 1.807) is 13.0 Å². The predicted octanol–water partition coefficient (Wildman–Crippen LogP) is 1.24. The Morgan fingerprint density at radius 3 is 2.54 bits per heavy atom. The number of rotatable bonds is 3. The number of hydrogen-bond donors (Lipinski definition) is 0. The van der Waals surface area contributed by atoms with Gasteiger partial charge in [0.25, 0.3) is 0 Å². The van der Waals surface area contributed by atoms with Crippen molar-refractivity contribution in [2.45, 2.75) is 6.92 Å². The van der Waals surface area contributed by atoms with E-state index in [4.69, 9.17) is 4.74 Å². The van der Waals surface area contributed by atoms with Crippen LogP contribution < -0.4 is 4.74 Å². The van der Waals surface area contributed by atoms with Gasteiger partial charge in [-0.1, -0.05) is 6.08 Å². The minimum atomic E-state index is -0.106. The zero-order chi connectivity index (χ0) is 9.68. The van der Waals surface area contributed by atoms with Crippen molar-refractivity contribution >= 4 is 5.78 Å². The molecule has 0 aliphatic rings. The van der Waals surface area contributed by atoms with Crippen molar-refractivity contribution in [1.82, 2.24) is 9.97 Å². The molecule has 0 saturated heterocycles. The maximum atomic E-state index is 11.2. The van der Waals surface area contributed by atoms with Crippen LogP contribution in [0.15, 0.2) is 24.5 Å². The van der Waals surface area contributed by atoms with Crippen molar-refractivity contribution in [2.24, 2.45) is 0 Å². The molecule has 0 unspecified atom stereocenters. The van der Waals surface area contributed by atoms with Gasteiger partial charge in [0.1, 0.15) is 0 Å². The quantitative estimate of drug-likeness (QED) is 0.516. The van der Waals surface area contributed by atoms with E-state index >= 15 is 0 Å². The zero-order valence-corrected chi connectivity index (χ0v) is 7.52. The molecule has 0 bridgehead atoms. The highest BCUT2D eigenvalue weighted by Gasteiger charge is 2.02. The molecule has 1 rings (SSSR count). The van der Waals surface area contributed by atoms with Gasteiger partial charge in [-0.2, -0.15) is 0 Å². The van der Waals surface area contributed by atoms with Gasteiger partial charge in [-0.3, -0.25) is 4.79 Å². The van der Waals surface area contributed by atoms with E-state index in [2.05, 4.69) is 9.97 Å². The summed E-state index contributed by atoms with van der Waals surface area (Å²) in [7, 11) is 1.47. The highest BCUT2D eigenvalue weighted by molar-refractivity contribution is 6.03. The second-order valence-electron chi connectivity index (χ2n) is 2.32. The van der Waals surface area contributed by atoms with Crippen LogP contribution in [0.2, 0.25) is 0 Å². The molecule has 1 aromatic rings. The number of carbonyl (C=O) groups excluding carboxylic acids is 1. The van der Waals surface area contributed by atoms with Gasteiger partial charge in [0.2, 0.25) is 0 Å². The van der Waals surface area contributed by atoms with Crippen molar-refractivity contribution < 1.29 is 9.53 Å². The lowest BCUT2D eigenvalue weighted by atomic mass is 10.2. The Morgan fingerprint density at radius 2 is 2.08 bits per heavy atom. The topological polar surface area (TPSA) is 52.1 Å². The van der Waals surface area contributed by atoms with E-state index in [1.165, 1.54) is 25.6 Å². The monoisotopic (exact) mass is 178 g/mol. The molecule has 0 aliphatic heterocycles. The minimum absolute atomic E-state index is 0.106. The van der Waals surface area contributed by atoms with E-state index in [-0.39, 0.29) is 11.8 Å². The van der Waals surface area contributed by atoms with Crippen LogP contribution in [0.4, 0.5) is 0 Å². The van der Waals surface area contributed by atoms with Crippen molar-refractivity contribution in [3.63, 3.8) is 0 Å². The molecule has 13 heavy (non-hydrogen) atoms. The smallest absolute Gasteiger partial charge is 0.316 e. The van der Waals surface area contributed by atoms with Crippen molar-refractivity contribution in [2.75, 3.05) is 7.11 Å². The fourth-order valence-electron chi connectivity index (χ4n) is 0.796. The van der Waals surface area contributed by atoms with Crippen LogP contribution in [0.3, 0.4) is 0 Å². The van der Waals surface area contributed by atoms with Crippen LogP contribution in [0, 0.1) is 0 Å². The summed E-state index contributed by atoms with van der Waals surface area (Å²) in [6.07, 6.45) is 6.01. The number of carbonyl (C=O) groups is 1. The van der Waals surface area contributed by atoms with Crippen LogP contribution in [0.1, 0.15) is 17.3 Å².